The number of hydrogen-bond acceptors (Lipinski definition) is 4. The van der Waals surface area contributed by atoms with Gasteiger partial charge in [-0.25, -0.2) is 0 Å². The molecule has 0 aliphatic rings. The first kappa shape index (κ1) is 19.9. The number of halogens is 1. The van der Waals surface area contributed by atoms with E-state index in [1.807, 2.05) is 6.92 Å². The minimum absolute atomic E-state index is 0.0795. The number of carbonyl (C=O) groups excluding carboxylic acids is 1. The molecule has 0 bridgehead atoms. The second kappa shape index (κ2) is 8.04. The lowest BCUT2D eigenvalue weighted by molar-refractivity contribution is 0.102. The standard InChI is InChI=1S/C21H18ClNO4S/c1-14-3-10-19(11-4-14)28(25,26)27-18-9-12-20(15(2)13-18)23-21(24)16-5-7-17(22)8-6-16/h3-13H,1-2H3,(H,23,24). The number of carbonyl (C=O) groups is 1. The normalized spacial score (nSPS) is 11.1. The summed E-state index contributed by atoms with van der Waals surface area (Å²) in [5.74, 6) is -0.122. The van der Waals surface area contributed by atoms with Crippen LogP contribution < -0.4 is 9.50 Å². The van der Waals surface area contributed by atoms with Crippen molar-refractivity contribution in [3.63, 3.8) is 0 Å². The van der Waals surface area contributed by atoms with Crippen molar-refractivity contribution in [2.24, 2.45) is 0 Å². The lowest BCUT2D eigenvalue weighted by Crippen LogP contribution is -2.13. The van der Waals surface area contributed by atoms with E-state index in [9.17, 15) is 13.2 Å². The molecule has 3 rings (SSSR count). The molecule has 0 spiro atoms. The Labute approximate surface area is 169 Å². The molecular weight excluding hydrogens is 398 g/mol. The number of rotatable bonds is 5. The largest absolute Gasteiger partial charge is 0.379 e. The third kappa shape index (κ3) is 4.71. The highest BCUT2D eigenvalue weighted by Gasteiger charge is 2.17. The van der Waals surface area contributed by atoms with E-state index in [2.05, 4.69) is 5.32 Å². The van der Waals surface area contributed by atoms with E-state index in [4.69, 9.17) is 15.8 Å². The number of anilines is 1. The van der Waals surface area contributed by atoms with Crippen LogP contribution >= 0.6 is 11.6 Å². The zero-order chi connectivity index (χ0) is 20.3. The first-order valence-corrected chi connectivity index (χ1v) is 10.2. The molecule has 0 aromatic heterocycles. The van der Waals surface area contributed by atoms with Gasteiger partial charge in [-0.3, -0.25) is 4.79 Å². The zero-order valence-corrected chi connectivity index (χ0v) is 16.8. The molecule has 1 amide bonds. The van der Waals surface area contributed by atoms with Gasteiger partial charge in [0, 0.05) is 16.3 Å². The fourth-order valence-corrected chi connectivity index (χ4v) is 3.55. The van der Waals surface area contributed by atoms with E-state index in [1.54, 1.807) is 55.5 Å². The third-order valence-electron chi connectivity index (χ3n) is 4.07. The smallest absolute Gasteiger partial charge is 0.339 e. The Bertz CT molecular complexity index is 1110. The average Bonchev–Trinajstić information content (AvgIpc) is 2.64. The maximum atomic E-state index is 12.4. The summed E-state index contributed by atoms with van der Waals surface area (Å²) in [6.45, 7) is 3.63. The van der Waals surface area contributed by atoms with Crippen molar-refractivity contribution in [1.82, 2.24) is 0 Å². The molecule has 0 saturated carbocycles. The van der Waals surface area contributed by atoms with Crippen LogP contribution in [0.3, 0.4) is 0 Å². The molecule has 0 saturated heterocycles. The summed E-state index contributed by atoms with van der Waals surface area (Å²) in [4.78, 5) is 12.4. The van der Waals surface area contributed by atoms with Crippen LogP contribution in [0.25, 0.3) is 0 Å². The predicted molar refractivity (Wildman–Crippen MR) is 110 cm³/mol. The van der Waals surface area contributed by atoms with Crippen LogP contribution in [0.5, 0.6) is 5.75 Å². The summed E-state index contributed by atoms with van der Waals surface area (Å²) in [5.41, 5.74) is 2.64. The van der Waals surface area contributed by atoms with Crippen LogP contribution in [0.4, 0.5) is 5.69 Å². The molecule has 5 nitrogen and oxygen atoms in total. The number of amides is 1. The Hall–Kier alpha value is -2.83. The van der Waals surface area contributed by atoms with E-state index >= 15 is 0 Å². The highest BCUT2D eigenvalue weighted by atomic mass is 35.5. The Morgan fingerprint density at radius 1 is 0.929 bits per heavy atom. The monoisotopic (exact) mass is 415 g/mol. The van der Waals surface area contributed by atoms with E-state index in [1.165, 1.54) is 18.2 Å². The van der Waals surface area contributed by atoms with Gasteiger partial charge >= 0.3 is 10.1 Å². The third-order valence-corrected chi connectivity index (χ3v) is 5.58. The molecule has 0 atom stereocenters. The van der Waals surface area contributed by atoms with E-state index in [-0.39, 0.29) is 16.6 Å². The molecule has 0 heterocycles. The van der Waals surface area contributed by atoms with Crippen LogP contribution in [0, 0.1) is 13.8 Å². The van der Waals surface area contributed by atoms with Crippen LogP contribution in [0.15, 0.2) is 71.6 Å². The van der Waals surface area contributed by atoms with Crippen LogP contribution in [0.1, 0.15) is 21.5 Å². The topological polar surface area (TPSA) is 72.5 Å². The van der Waals surface area contributed by atoms with Gasteiger partial charge in [-0.15, -0.1) is 0 Å². The second-order valence-corrected chi connectivity index (χ2v) is 8.27. The zero-order valence-electron chi connectivity index (χ0n) is 15.3. The Morgan fingerprint density at radius 3 is 2.18 bits per heavy atom. The molecule has 3 aromatic rings. The molecule has 28 heavy (non-hydrogen) atoms. The molecule has 3 aromatic carbocycles. The summed E-state index contributed by atoms with van der Waals surface area (Å²) in [6.07, 6.45) is 0. The molecule has 0 unspecified atom stereocenters. The molecule has 0 aliphatic carbocycles. The molecule has 144 valence electrons. The minimum Gasteiger partial charge on any atom is -0.379 e. The minimum atomic E-state index is -3.93. The van der Waals surface area contributed by atoms with Gasteiger partial charge in [-0.1, -0.05) is 29.3 Å². The number of hydrogen-bond donors (Lipinski definition) is 1. The maximum Gasteiger partial charge on any atom is 0.339 e. The number of aryl methyl sites for hydroxylation is 2. The van der Waals surface area contributed by atoms with Crippen molar-refractivity contribution in [1.29, 1.82) is 0 Å². The van der Waals surface area contributed by atoms with Gasteiger partial charge in [-0.2, -0.15) is 8.42 Å². The Kier molecular flexibility index (Phi) is 5.72. The van der Waals surface area contributed by atoms with E-state index < -0.39 is 10.1 Å². The summed E-state index contributed by atoms with van der Waals surface area (Å²) in [5, 5.41) is 3.33. The lowest BCUT2D eigenvalue weighted by Gasteiger charge is -2.12. The number of nitrogens with one attached hydrogen (secondary N) is 1. The Balaban J connectivity index is 1.75. The fourth-order valence-electron chi connectivity index (χ4n) is 2.50. The van der Waals surface area contributed by atoms with Crippen LogP contribution in [0.2, 0.25) is 5.02 Å². The molecule has 7 heteroatoms. The summed E-state index contributed by atoms with van der Waals surface area (Å²) < 4.78 is 30.0. The molecule has 0 fully saturated rings. The second-order valence-electron chi connectivity index (χ2n) is 6.29. The van der Waals surface area contributed by atoms with Crippen LogP contribution in [-0.4, -0.2) is 14.3 Å². The van der Waals surface area contributed by atoms with Gasteiger partial charge in [0.05, 0.1) is 0 Å². The van der Waals surface area contributed by atoms with Crippen LogP contribution in [-0.2, 0) is 10.1 Å². The molecule has 0 aliphatic heterocycles. The van der Waals surface area contributed by atoms with Crippen molar-refractivity contribution in [2.45, 2.75) is 18.7 Å². The van der Waals surface area contributed by atoms with Crippen molar-refractivity contribution >= 4 is 33.3 Å². The predicted octanol–water partition coefficient (Wildman–Crippen LogP) is 4.98. The summed E-state index contributed by atoms with van der Waals surface area (Å²) in [7, 11) is -3.93. The highest BCUT2D eigenvalue weighted by Crippen LogP contribution is 2.25. The quantitative estimate of drug-likeness (QED) is 0.596. The molecule has 1 N–H and O–H groups in total. The summed E-state index contributed by atoms with van der Waals surface area (Å²) >= 11 is 5.83. The molecular formula is C21H18ClNO4S. The van der Waals surface area contributed by atoms with E-state index in [0.717, 1.165) is 5.56 Å². The van der Waals surface area contributed by atoms with Gasteiger partial charge in [0.1, 0.15) is 10.6 Å². The van der Waals surface area contributed by atoms with Crippen molar-refractivity contribution < 1.29 is 17.4 Å². The van der Waals surface area contributed by atoms with E-state index in [0.29, 0.717) is 21.8 Å². The lowest BCUT2D eigenvalue weighted by atomic mass is 10.1. The van der Waals surface area contributed by atoms with Gasteiger partial charge in [0.15, 0.2) is 0 Å². The van der Waals surface area contributed by atoms with Gasteiger partial charge in [-0.05, 0) is 74.0 Å². The summed E-state index contributed by atoms with van der Waals surface area (Å²) in [6, 6.07) is 17.6. The number of benzene rings is 3. The van der Waals surface area contributed by atoms with Gasteiger partial charge in [0.25, 0.3) is 5.91 Å². The van der Waals surface area contributed by atoms with Crippen molar-refractivity contribution in [3.05, 3.63) is 88.4 Å². The first-order valence-electron chi connectivity index (χ1n) is 8.43. The molecule has 0 radical (unpaired) electrons. The van der Waals surface area contributed by atoms with Gasteiger partial charge < -0.3 is 9.50 Å². The first-order chi connectivity index (χ1) is 13.2. The average molecular weight is 416 g/mol. The van der Waals surface area contributed by atoms with Crippen molar-refractivity contribution in [3.8, 4) is 5.75 Å². The Morgan fingerprint density at radius 2 is 1.57 bits per heavy atom. The SMILES string of the molecule is Cc1ccc(S(=O)(=O)Oc2ccc(NC(=O)c3ccc(Cl)cc3)c(C)c2)cc1. The van der Waals surface area contributed by atoms with Crippen molar-refractivity contribution in [2.75, 3.05) is 5.32 Å². The van der Waals surface area contributed by atoms with Gasteiger partial charge in [0.2, 0.25) is 0 Å². The highest BCUT2D eigenvalue weighted by molar-refractivity contribution is 7.87. The maximum absolute atomic E-state index is 12.4. The fraction of sp³-hybridized carbons (Fsp3) is 0.0952.